The monoisotopic (exact) mass is 397 g/mol. The summed E-state index contributed by atoms with van der Waals surface area (Å²) in [6, 6.07) is 8.81. The van der Waals surface area contributed by atoms with E-state index < -0.39 is 0 Å². The fourth-order valence-electron chi connectivity index (χ4n) is 2.44. The standard InChI is InChI=1S/C14H20BrN3O.2ClH/c1-11(12-2-4-13(15)5-3-12)17-6-8-18(9-7-17)14(19)10-16;;/h2-5,11H,6-10,16H2,1H3;2*1H. The van der Waals surface area contributed by atoms with Crippen molar-refractivity contribution < 1.29 is 4.79 Å². The summed E-state index contributed by atoms with van der Waals surface area (Å²) in [5.41, 5.74) is 6.70. The van der Waals surface area contributed by atoms with E-state index in [4.69, 9.17) is 5.73 Å². The summed E-state index contributed by atoms with van der Waals surface area (Å²) >= 11 is 3.45. The zero-order valence-electron chi connectivity index (χ0n) is 12.0. The van der Waals surface area contributed by atoms with Crippen LogP contribution in [-0.4, -0.2) is 48.4 Å². The van der Waals surface area contributed by atoms with E-state index in [2.05, 4.69) is 52.0 Å². The van der Waals surface area contributed by atoms with E-state index >= 15 is 0 Å². The minimum atomic E-state index is 0. The smallest absolute Gasteiger partial charge is 0.236 e. The van der Waals surface area contributed by atoms with Crippen molar-refractivity contribution in [2.75, 3.05) is 32.7 Å². The lowest BCUT2D eigenvalue weighted by atomic mass is 10.1. The van der Waals surface area contributed by atoms with Gasteiger partial charge in [0.1, 0.15) is 0 Å². The van der Waals surface area contributed by atoms with Crippen molar-refractivity contribution in [3.8, 4) is 0 Å². The first-order valence-electron chi connectivity index (χ1n) is 6.59. The Kier molecular flexibility index (Phi) is 9.49. The second-order valence-corrected chi connectivity index (χ2v) is 5.76. The lowest BCUT2D eigenvalue weighted by Crippen LogP contribution is -2.50. The minimum absolute atomic E-state index is 0. The van der Waals surface area contributed by atoms with E-state index in [-0.39, 0.29) is 37.3 Å². The van der Waals surface area contributed by atoms with Gasteiger partial charge in [-0.05, 0) is 24.6 Å². The lowest BCUT2D eigenvalue weighted by molar-refractivity contribution is -0.131. The normalized spacial score (nSPS) is 16.6. The third kappa shape index (κ3) is 5.42. The van der Waals surface area contributed by atoms with Gasteiger partial charge in [-0.25, -0.2) is 0 Å². The molecule has 1 aliphatic rings. The van der Waals surface area contributed by atoms with Crippen molar-refractivity contribution in [2.24, 2.45) is 5.73 Å². The molecule has 0 radical (unpaired) electrons. The highest BCUT2D eigenvalue weighted by atomic mass is 79.9. The molecule has 1 aromatic carbocycles. The molecule has 1 fully saturated rings. The van der Waals surface area contributed by atoms with E-state index in [1.54, 1.807) is 0 Å². The van der Waals surface area contributed by atoms with Crippen molar-refractivity contribution in [3.05, 3.63) is 34.3 Å². The summed E-state index contributed by atoms with van der Waals surface area (Å²) in [7, 11) is 0. The summed E-state index contributed by atoms with van der Waals surface area (Å²) in [6.07, 6.45) is 0. The number of halogens is 3. The predicted octanol–water partition coefficient (Wildman–Crippen LogP) is 2.46. The Morgan fingerprint density at radius 3 is 2.19 bits per heavy atom. The van der Waals surface area contributed by atoms with Gasteiger partial charge in [-0.2, -0.15) is 0 Å². The van der Waals surface area contributed by atoms with Crippen LogP contribution in [0.2, 0.25) is 0 Å². The highest BCUT2D eigenvalue weighted by Gasteiger charge is 2.23. The van der Waals surface area contributed by atoms with Crippen LogP contribution in [0.1, 0.15) is 18.5 Å². The van der Waals surface area contributed by atoms with Crippen molar-refractivity contribution in [1.29, 1.82) is 0 Å². The second kappa shape index (κ2) is 9.64. The van der Waals surface area contributed by atoms with Gasteiger partial charge in [-0.3, -0.25) is 9.69 Å². The van der Waals surface area contributed by atoms with Crippen LogP contribution in [0.25, 0.3) is 0 Å². The predicted molar refractivity (Wildman–Crippen MR) is 94.3 cm³/mol. The number of hydrogen-bond acceptors (Lipinski definition) is 3. The first-order valence-corrected chi connectivity index (χ1v) is 7.38. The van der Waals surface area contributed by atoms with Gasteiger partial charge in [0, 0.05) is 36.7 Å². The molecule has 0 spiro atoms. The quantitative estimate of drug-likeness (QED) is 0.850. The van der Waals surface area contributed by atoms with Crippen LogP contribution in [0.4, 0.5) is 0 Å². The second-order valence-electron chi connectivity index (χ2n) is 4.85. The summed E-state index contributed by atoms with van der Waals surface area (Å²) in [6.45, 7) is 5.69. The highest BCUT2D eigenvalue weighted by Crippen LogP contribution is 2.23. The van der Waals surface area contributed by atoms with E-state index in [9.17, 15) is 4.79 Å². The van der Waals surface area contributed by atoms with E-state index in [1.165, 1.54) is 5.56 Å². The molecule has 1 unspecified atom stereocenters. The third-order valence-electron chi connectivity index (χ3n) is 3.74. The summed E-state index contributed by atoms with van der Waals surface area (Å²) in [4.78, 5) is 15.8. The molecule has 0 aliphatic carbocycles. The molecular formula is C14H22BrCl2N3O. The summed E-state index contributed by atoms with van der Waals surface area (Å²) < 4.78 is 1.10. The van der Waals surface area contributed by atoms with Gasteiger partial charge < -0.3 is 10.6 Å². The largest absolute Gasteiger partial charge is 0.339 e. The molecule has 2 rings (SSSR count). The molecular weight excluding hydrogens is 377 g/mol. The molecule has 1 aromatic rings. The molecule has 0 saturated carbocycles. The summed E-state index contributed by atoms with van der Waals surface area (Å²) in [5, 5.41) is 0. The van der Waals surface area contributed by atoms with E-state index in [0.29, 0.717) is 6.04 Å². The molecule has 7 heteroatoms. The van der Waals surface area contributed by atoms with Crippen LogP contribution in [-0.2, 0) is 4.79 Å². The van der Waals surface area contributed by atoms with Crippen molar-refractivity contribution in [1.82, 2.24) is 9.80 Å². The molecule has 1 saturated heterocycles. The molecule has 21 heavy (non-hydrogen) atoms. The van der Waals surface area contributed by atoms with Crippen LogP contribution in [0.5, 0.6) is 0 Å². The van der Waals surface area contributed by atoms with Crippen molar-refractivity contribution in [3.63, 3.8) is 0 Å². The molecule has 0 aromatic heterocycles. The van der Waals surface area contributed by atoms with E-state index in [0.717, 1.165) is 30.7 Å². The number of nitrogens with two attached hydrogens (primary N) is 1. The Morgan fingerprint density at radius 2 is 1.71 bits per heavy atom. The van der Waals surface area contributed by atoms with Gasteiger partial charge in [0.25, 0.3) is 0 Å². The van der Waals surface area contributed by atoms with Gasteiger partial charge in [0.2, 0.25) is 5.91 Å². The Hall–Kier alpha value is -0.330. The molecule has 2 N–H and O–H groups in total. The molecule has 1 amide bonds. The number of rotatable bonds is 3. The van der Waals surface area contributed by atoms with Gasteiger partial charge in [-0.1, -0.05) is 28.1 Å². The SMILES string of the molecule is CC(c1ccc(Br)cc1)N1CCN(C(=O)CN)CC1.Cl.Cl. The van der Waals surface area contributed by atoms with Crippen LogP contribution in [0, 0.1) is 0 Å². The van der Waals surface area contributed by atoms with E-state index in [1.807, 2.05) is 4.90 Å². The Balaban J connectivity index is 0.00000200. The Bertz CT molecular complexity index is 436. The summed E-state index contributed by atoms with van der Waals surface area (Å²) in [5.74, 6) is 0.0518. The fourth-order valence-corrected chi connectivity index (χ4v) is 2.70. The molecule has 0 bridgehead atoms. The number of carbonyl (C=O) groups excluding carboxylic acids is 1. The van der Waals surface area contributed by atoms with Gasteiger partial charge in [0.15, 0.2) is 0 Å². The third-order valence-corrected chi connectivity index (χ3v) is 4.27. The van der Waals surface area contributed by atoms with Crippen molar-refractivity contribution in [2.45, 2.75) is 13.0 Å². The van der Waals surface area contributed by atoms with Gasteiger partial charge >= 0.3 is 0 Å². The molecule has 1 atom stereocenters. The number of amides is 1. The molecule has 1 heterocycles. The van der Waals surface area contributed by atoms with Crippen LogP contribution >= 0.6 is 40.7 Å². The Morgan fingerprint density at radius 1 is 1.19 bits per heavy atom. The maximum atomic E-state index is 11.5. The van der Waals surface area contributed by atoms with Crippen LogP contribution < -0.4 is 5.73 Å². The van der Waals surface area contributed by atoms with Crippen molar-refractivity contribution >= 4 is 46.7 Å². The van der Waals surface area contributed by atoms with Gasteiger partial charge in [-0.15, -0.1) is 24.8 Å². The Labute approximate surface area is 147 Å². The average molecular weight is 399 g/mol. The highest BCUT2D eigenvalue weighted by molar-refractivity contribution is 9.10. The molecule has 1 aliphatic heterocycles. The number of carbonyl (C=O) groups is 1. The van der Waals surface area contributed by atoms with Gasteiger partial charge in [0.05, 0.1) is 6.54 Å². The maximum absolute atomic E-state index is 11.5. The van der Waals surface area contributed by atoms with Crippen LogP contribution in [0.3, 0.4) is 0 Å². The number of piperazine rings is 1. The number of benzene rings is 1. The number of nitrogens with zero attached hydrogens (tertiary/aromatic N) is 2. The number of hydrogen-bond donors (Lipinski definition) is 1. The minimum Gasteiger partial charge on any atom is -0.339 e. The molecule has 120 valence electrons. The van der Waals surface area contributed by atoms with Crippen LogP contribution in [0.15, 0.2) is 28.7 Å². The maximum Gasteiger partial charge on any atom is 0.236 e. The zero-order valence-corrected chi connectivity index (χ0v) is 15.2. The lowest BCUT2D eigenvalue weighted by Gasteiger charge is -2.38. The molecule has 4 nitrogen and oxygen atoms in total. The first kappa shape index (κ1) is 20.7. The zero-order chi connectivity index (χ0) is 13.8. The fraction of sp³-hybridized carbons (Fsp3) is 0.500. The topological polar surface area (TPSA) is 49.6 Å². The average Bonchev–Trinajstić information content (AvgIpc) is 2.46. The first-order chi connectivity index (χ1) is 9.11.